The van der Waals surface area contributed by atoms with Crippen LogP contribution in [0, 0.1) is 0 Å². The van der Waals surface area contributed by atoms with Crippen LogP contribution >= 0.6 is 11.6 Å². The summed E-state index contributed by atoms with van der Waals surface area (Å²) in [5, 5.41) is 1.38. The van der Waals surface area contributed by atoms with Crippen LogP contribution in [-0.2, 0) is 7.05 Å². The Hall–Kier alpha value is -1.94. The van der Waals surface area contributed by atoms with E-state index in [0.29, 0.717) is 11.1 Å². The first-order valence-electron chi connectivity index (χ1n) is 5.13. The summed E-state index contributed by atoms with van der Waals surface area (Å²) < 4.78 is 7.23. The zero-order valence-electron chi connectivity index (χ0n) is 9.14. The molecule has 0 aliphatic rings. The lowest BCUT2D eigenvalue weighted by Crippen LogP contribution is -1.98. The van der Waals surface area contributed by atoms with Crippen LogP contribution in [0.1, 0.15) is 0 Å². The molecule has 0 fully saturated rings. The van der Waals surface area contributed by atoms with Gasteiger partial charge in [-0.1, -0.05) is 29.8 Å². The second-order valence-electron chi connectivity index (χ2n) is 3.81. The molecule has 86 valence electrons. The highest BCUT2D eigenvalue weighted by molar-refractivity contribution is 6.32. The Bertz CT molecular complexity index is 699. The molecule has 5 heteroatoms. The molecule has 3 aromatic rings. The van der Waals surface area contributed by atoms with Gasteiger partial charge in [0.05, 0.1) is 5.69 Å². The van der Waals surface area contributed by atoms with Gasteiger partial charge in [0, 0.05) is 18.0 Å². The zero-order chi connectivity index (χ0) is 12.0. The van der Waals surface area contributed by atoms with Gasteiger partial charge in [-0.25, -0.2) is 4.98 Å². The van der Waals surface area contributed by atoms with Gasteiger partial charge in [0.1, 0.15) is 11.8 Å². The molecule has 2 aromatic heterocycles. The first-order valence-corrected chi connectivity index (χ1v) is 5.50. The van der Waals surface area contributed by atoms with Crippen LogP contribution in [0.3, 0.4) is 0 Å². The summed E-state index contributed by atoms with van der Waals surface area (Å²) in [5.41, 5.74) is 8.22. The van der Waals surface area contributed by atoms with E-state index < -0.39 is 0 Å². The molecule has 0 atom stereocenters. The average Bonchev–Trinajstić information content (AvgIpc) is 2.82. The minimum absolute atomic E-state index is 0.385. The van der Waals surface area contributed by atoms with E-state index in [4.69, 9.17) is 21.8 Å². The lowest BCUT2D eigenvalue weighted by molar-refractivity contribution is 0.616. The van der Waals surface area contributed by atoms with Crippen molar-refractivity contribution in [2.75, 3.05) is 5.73 Å². The van der Waals surface area contributed by atoms with E-state index in [0.717, 1.165) is 22.2 Å². The summed E-state index contributed by atoms with van der Waals surface area (Å²) in [6.07, 6.45) is 1.67. The molecule has 0 bridgehead atoms. The number of benzene rings is 1. The van der Waals surface area contributed by atoms with Crippen LogP contribution in [0.25, 0.3) is 22.2 Å². The molecule has 0 aliphatic carbocycles. The van der Waals surface area contributed by atoms with Crippen molar-refractivity contribution in [3.05, 3.63) is 35.7 Å². The van der Waals surface area contributed by atoms with Gasteiger partial charge in [0.15, 0.2) is 5.15 Å². The van der Waals surface area contributed by atoms with Crippen molar-refractivity contribution < 1.29 is 4.42 Å². The number of furan rings is 1. The van der Waals surface area contributed by atoms with Crippen molar-refractivity contribution >= 4 is 28.5 Å². The van der Waals surface area contributed by atoms with E-state index >= 15 is 0 Å². The second-order valence-corrected chi connectivity index (χ2v) is 4.17. The quantitative estimate of drug-likeness (QED) is 0.719. The highest BCUT2D eigenvalue weighted by Crippen LogP contribution is 2.35. The highest BCUT2D eigenvalue weighted by Gasteiger charge is 2.17. The first kappa shape index (κ1) is 10.2. The molecule has 17 heavy (non-hydrogen) atoms. The summed E-state index contributed by atoms with van der Waals surface area (Å²) in [6, 6.07) is 7.77. The molecule has 2 N–H and O–H groups in total. The fourth-order valence-electron chi connectivity index (χ4n) is 1.93. The van der Waals surface area contributed by atoms with Gasteiger partial charge in [-0.05, 0) is 6.07 Å². The van der Waals surface area contributed by atoms with Gasteiger partial charge in [0.2, 0.25) is 5.95 Å². The predicted molar refractivity (Wildman–Crippen MR) is 67.8 cm³/mol. The molecular formula is C12H10ClN3O. The number of nitrogens with zero attached hydrogens (tertiary/aromatic N) is 2. The van der Waals surface area contributed by atoms with E-state index in [1.807, 2.05) is 31.3 Å². The zero-order valence-corrected chi connectivity index (χ0v) is 9.90. The number of halogens is 1. The van der Waals surface area contributed by atoms with Gasteiger partial charge in [-0.2, -0.15) is 0 Å². The fraction of sp³-hybridized carbons (Fsp3) is 0.0833. The summed E-state index contributed by atoms with van der Waals surface area (Å²) in [5.74, 6) is 0.385. The number of rotatable bonds is 1. The van der Waals surface area contributed by atoms with Crippen molar-refractivity contribution in [1.82, 2.24) is 9.55 Å². The third kappa shape index (κ3) is 1.41. The molecule has 0 saturated carbocycles. The molecule has 0 radical (unpaired) electrons. The summed E-state index contributed by atoms with van der Waals surface area (Å²) in [7, 11) is 1.82. The number of para-hydroxylation sites is 1. The molecule has 0 aliphatic heterocycles. The number of imidazole rings is 1. The minimum atomic E-state index is 0.385. The molecule has 0 saturated heterocycles. The Labute approximate surface area is 103 Å². The van der Waals surface area contributed by atoms with E-state index in [1.54, 1.807) is 10.8 Å². The monoisotopic (exact) mass is 247 g/mol. The van der Waals surface area contributed by atoms with Gasteiger partial charge in [0.25, 0.3) is 0 Å². The number of hydrogen-bond donors (Lipinski definition) is 1. The van der Waals surface area contributed by atoms with E-state index in [9.17, 15) is 0 Å². The molecule has 0 unspecified atom stereocenters. The van der Waals surface area contributed by atoms with Crippen molar-refractivity contribution in [2.24, 2.45) is 7.05 Å². The number of fused-ring (bicyclic) bond motifs is 1. The largest absolute Gasteiger partial charge is 0.464 e. The Morgan fingerprint density at radius 2 is 2.12 bits per heavy atom. The predicted octanol–water partition coefficient (Wildman–Crippen LogP) is 3.07. The van der Waals surface area contributed by atoms with E-state index in [-0.39, 0.29) is 0 Å². The van der Waals surface area contributed by atoms with Crippen LogP contribution in [0.4, 0.5) is 5.95 Å². The molecule has 3 rings (SSSR count). The van der Waals surface area contributed by atoms with Crippen LogP contribution in [0.2, 0.25) is 5.15 Å². The topological polar surface area (TPSA) is 57.0 Å². The lowest BCUT2D eigenvalue weighted by atomic mass is 10.1. The minimum Gasteiger partial charge on any atom is -0.464 e. The third-order valence-electron chi connectivity index (χ3n) is 2.82. The maximum absolute atomic E-state index is 6.09. The summed E-state index contributed by atoms with van der Waals surface area (Å²) >= 11 is 6.09. The summed E-state index contributed by atoms with van der Waals surface area (Å²) in [6.45, 7) is 0. The maximum Gasteiger partial charge on any atom is 0.201 e. The Morgan fingerprint density at radius 3 is 2.82 bits per heavy atom. The smallest absolute Gasteiger partial charge is 0.201 e. The number of aromatic nitrogens is 2. The van der Waals surface area contributed by atoms with Gasteiger partial charge >= 0.3 is 0 Å². The highest BCUT2D eigenvalue weighted by atomic mass is 35.5. The Kier molecular flexibility index (Phi) is 2.12. The normalized spacial score (nSPS) is 11.2. The van der Waals surface area contributed by atoms with Crippen LogP contribution in [0.5, 0.6) is 0 Å². The molecule has 0 spiro atoms. The fourth-order valence-corrected chi connectivity index (χ4v) is 2.25. The standard InChI is InChI=1S/C12H10ClN3O/c1-16-10(11(13)15-12(16)14)8-6-17-9-5-3-2-4-7(8)9/h2-6H,1H3,(H2,14,15). The van der Waals surface area contributed by atoms with Crippen molar-refractivity contribution in [1.29, 1.82) is 0 Å². The third-order valence-corrected chi connectivity index (χ3v) is 3.09. The first-order chi connectivity index (χ1) is 8.18. The number of nitrogens with two attached hydrogens (primary N) is 1. The van der Waals surface area contributed by atoms with E-state index in [1.165, 1.54) is 0 Å². The molecule has 2 heterocycles. The number of nitrogen functional groups attached to an aromatic ring is 1. The molecule has 0 amide bonds. The second kappa shape index (κ2) is 3.53. The van der Waals surface area contributed by atoms with Crippen LogP contribution in [-0.4, -0.2) is 9.55 Å². The molecule has 4 nitrogen and oxygen atoms in total. The van der Waals surface area contributed by atoms with Crippen molar-refractivity contribution in [2.45, 2.75) is 0 Å². The van der Waals surface area contributed by atoms with Crippen molar-refractivity contribution in [3.63, 3.8) is 0 Å². The average molecular weight is 248 g/mol. The van der Waals surface area contributed by atoms with Gasteiger partial charge < -0.3 is 14.7 Å². The maximum atomic E-state index is 6.09. The lowest BCUT2D eigenvalue weighted by Gasteiger charge is -2.01. The Morgan fingerprint density at radius 1 is 1.35 bits per heavy atom. The SMILES string of the molecule is Cn1c(N)nc(Cl)c1-c1coc2ccccc12. The molecular weight excluding hydrogens is 238 g/mol. The van der Waals surface area contributed by atoms with Gasteiger partial charge in [-0.3, -0.25) is 0 Å². The van der Waals surface area contributed by atoms with E-state index in [2.05, 4.69) is 4.98 Å². The number of anilines is 1. The van der Waals surface area contributed by atoms with Crippen LogP contribution in [0.15, 0.2) is 34.9 Å². The Balaban J connectivity index is 2.35. The molecule has 1 aromatic carbocycles. The van der Waals surface area contributed by atoms with Gasteiger partial charge in [-0.15, -0.1) is 0 Å². The van der Waals surface area contributed by atoms with Crippen molar-refractivity contribution in [3.8, 4) is 11.3 Å². The number of hydrogen-bond acceptors (Lipinski definition) is 3. The van der Waals surface area contributed by atoms with Crippen LogP contribution < -0.4 is 5.73 Å². The summed E-state index contributed by atoms with van der Waals surface area (Å²) in [4.78, 5) is 4.04.